The highest BCUT2D eigenvalue weighted by atomic mass is 79.9. The Hall–Kier alpha value is -3.23. The van der Waals surface area contributed by atoms with E-state index in [0.717, 1.165) is 10.9 Å². The van der Waals surface area contributed by atoms with Crippen molar-refractivity contribution >= 4 is 61.9 Å². The van der Waals surface area contributed by atoms with Crippen LogP contribution < -0.4 is 9.47 Å². The van der Waals surface area contributed by atoms with E-state index in [4.69, 9.17) is 21.7 Å². The Morgan fingerprint density at radius 1 is 0.939 bits per heavy atom. The number of thiocarbonyl (C=S) groups is 1. The number of rotatable bonds is 5. The second-order valence-corrected chi connectivity index (χ2v) is 8.78. The van der Waals surface area contributed by atoms with Crippen molar-refractivity contribution in [3.8, 4) is 11.5 Å². The number of likely N-dealkylation sites (N-methyl/N-ethyl adjacent to an activating group) is 2. The highest BCUT2D eigenvalue weighted by molar-refractivity contribution is 9.10. The maximum atomic E-state index is 12.6. The molecule has 2 amide bonds. The Morgan fingerprint density at radius 2 is 1.61 bits per heavy atom. The summed E-state index contributed by atoms with van der Waals surface area (Å²) in [5.41, 5.74) is 1.65. The third-order valence-corrected chi connectivity index (χ3v) is 6.67. The number of nitrogens with zero attached hydrogens (tertiary/aromatic N) is 2. The molecule has 0 bridgehead atoms. The Bertz CT molecular complexity index is 1300. The largest absolute Gasteiger partial charge is 0.493 e. The summed E-state index contributed by atoms with van der Waals surface area (Å²) in [5.74, 6) is 0.117. The zero-order valence-electron chi connectivity index (χ0n) is 18.3. The molecule has 1 fully saturated rings. The van der Waals surface area contributed by atoms with Crippen molar-refractivity contribution in [2.24, 2.45) is 0 Å². The minimum Gasteiger partial charge on any atom is -0.493 e. The molecular weight excluding hydrogens is 504 g/mol. The number of carbonyl (C=O) groups excluding carboxylic acids is 2. The molecule has 0 aliphatic carbocycles. The maximum Gasteiger partial charge on any atom is 0.265 e. The van der Waals surface area contributed by atoms with Crippen molar-refractivity contribution in [2.75, 3.05) is 21.2 Å². The highest BCUT2D eigenvalue weighted by Crippen LogP contribution is 2.36. The third kappa shape index (κ3) is 4.49. The van der Waals surface area contributed by atoms with Crippen LogP contribution in [0.5, 0.6) is 11.5 Å². The normalized spacial score (nSPS) is 14.2. The molecule has 33 heavy (non-hydrogen) atoms. The third-order valence-electron chi connectivity index (χ3n) is 5.43. The molecule has 0 saturated carbocycles. The summed E-state index contributed by atoms with van der Waals surface area (Å²) in [7, 11) is 4.63. The second-order valence-electron chi connectivity index (χ2n) is 7.56. The van der Waals surface area contributed by atoms with E-state index < -0.39 is 11.8 Å². The summed E-state index contributed by atoms with van der Waals surface area (Å²) < 4.78 is 12.2. The molecule has 8 heteroatoms. The lowest BCUT2D eigenvalue weighted by atomic mass is 10.1. The predicted octanol–water partition coefficient (Wildman–Crippen LogP) is 4.79. The van der Waals surface area contributed by atoms with Gasteiger partial charge in [0.05, 0.1) is 7.11 Å². The van der Waals surface area contributed by atoms with Crippen LogP contribution in [0, 0.1) is 0 Å². The van der Waals surface area contributed by atoms with Gasteiger partial charge in [-0.3, -0.25) is 19.4 Å². The first-order chi connectivity index (χ1) is 15.8. The van der Waals surface area contributed by atoms with Gasteiger partial charge in [-0.15, -0.1) is 0 Å². The van der Waals surface area contributed by atoms with E-state index in [1.807, 2.05) is 18.2 Å². The minimum absolute atomic E-state index is 0.0150. The molecule has 0 N–H and O–H groups in total. The molecule has 6 nitrogen and oxygen atoms in total. The van der Waals surface area contributed by atoms with Crippen LogP contribution in [-0.4, -0.2) is 47.9 Å². The zero-order valence-corrected chi connectivity index (χ0v) is 20.7. The van der Waals surface area contributed by atoms with E-state index >= 15 is 0 Å². The first kappa shape index (κ1) is 22.9. The number of methoxy groups -OCH3 is 1. The lowest BCUT2D eigenvalue weighted by molar-refractivity contribution is -0.132. The van der Waals surface area contributed by atoms with Crippen molar-refractivity contribution < 1.29 is 19.1 Å². The predicted molar refractivity (Wildman–Crippen MR) is 135 cm³/mol. The van der Waals surface area contributed by atoms with E-state index in [0.29, 0.717) is 28.1 Å². The number of carbonyl (C=O) groups is 2. The van der Waals surface area contributed by atoms with Crippen molar-refractivity contribution in [1.82, 2.24) is 9.80 Å². The number of benzene rings is 3. The summed E-state index contributed by atoms with van der Waals surface area (Å²) in [6.45, 7) is 0.359. The van der Waals surface area contributed by atoms with Gasteiger partial charge in [0.25, 0.3) is 11.8 Å². The molecule has 1 aliphatic heterocycles. The van der Waals surface area contributed by atoms with Gasteiger partial charge in [-0.05, 0) is 58.4 Å². The Labute approximate surface area is 205 Å². The standard InChI is InChI=1S/C25H21BrN2O4S/c1-27-23(29)19(24(30)28(2)25(27)33)11-18-12-21(31-3)22(13-20(18)26)32-14-15-8-9-16-6-4-5-7-17(16)10-15/h4-13H,14H2,1-3H3. The van der Waals surface area contributed by atoms with Gasteiger partial charge in [0, 0.05) is 18.6 Å². The zero-order chi connectivity index (χ0) is 23.7. The van der Waals surface area contributed by atoms with Crippen molar-refractivity contribution in [3.63, 3.8) is 0 Å². The maximum absolute atomic E-state index is 12.6. The van der Waals surface area contributed by atoms with E-state index in [1.165, 1.54) is 21.3 Å². The molecular formula is C25H21BrN2O4S. The molecule has 0 spiro atoms. The molecule has 0 unspecified atom stereocenters. The lowest BCUT2D eigenvalue weighted by Gasteiger charge is -2.31. The molecule has 3 aromatic carbocycles. The Morgan fingerprint density at radius 3 is 2.27 bits per heavy atom. The van der Waals surface area contributed by atoms with Crippen molar-refractivity contribution in [3.05, 3.63) is 75.8 Å². The number of ether oxygens (including phenoxy) is 2. The second kappa shape index (κ2) is 9.33. The van der Waals surface area contributed by atoms with Crippen LogP contribution in [0.4, 0.5) is 0 Å². The molecule has 4 rings (SSSR count). The topological polar surface area (TPSA) is 59.1 Å². The molecule has 3 aromatic rings. The number of fused-ring (bicyclic) bond motifs is 1. The van der Waals surface area contributed by atoms with Gasteiger partial charge in [-0.25, -0.2) is 0 Å². The summed E-state index contributed by atoms with van der Waals surface area (Å²) in [4.78, 5) is 27.8. The van der Waals surface area contributed by atoms with Crippen molar-refractivity contribution in [1.29, 1.82) is 0 Å². The van der Waals surface area contributed by atoms with Crippen LogP contribution in [-0.2, 0) is 16.2 Å². The van der Waals surface area contributed by atoms with Crippen LogP contribution >= 0.6 is 28.1 Å². The van der Waals surface area contributed by atoms with Gasteiger partial charge in [0.15, 0.2) is 16.6 Å². The van der Waals surface area contributed by atoms with Gasteiger partial charge in [0.2, 0.25) is 0 Å². The number of hydrogen-bond donors (Lipinski definition) is 0. The molecule has 1 aliphatic rings. The first-order valence-electron chi connectivity index (χ1n) is 10.1. The summed E-state index contributed by atoms with van der Waals surface area (Å²) in [6, 6.07) is 17.8. The molecule has 168 valence electrons. The summed E-state index contributed by atoms with van der Waals surface area (Å²) in [6.07, 6.45) is 1.53. The minimum atomic E-state index is -0.453. The van der Waals surface area contributed by atoms with Gasteiger partial charge in [-0.2, -0.15) is 0 Å². The number of amides is 2. The summed E-state index contributed by atoms with van der Waals surface area (Å²) >= 11 is 8.66. The Kier molecular flexibility index (Phi) is 6.49. The Balaban J connectivity index is 1.61. The molecule has 0 radical (unpaired) electrons. The fraction of sp³-hybridized carbons (Fsp3) is 0.160. The fourth-order valence-corrected chi connectivity index (χ4v) is 4.16. The quantitative estimate of drug-likeness (QED) is 0.273. The number of halogens is 1. The first-order valence-corrected chi connectivity index (χ1v) is 11.3. The van der Waals surface area contributed by atoms with Crippen LogP contribution in [0.25, 0.3) is 16.8 Å². The van der Waals surface area contributed by atoms with Crippen LogP contribution in [0.15, 0.2) is 64.6 Å². The van der Waals surface area contributed by atoms with Gasteiger partial charge in [-0.1, -0.05) is 52.3 Å². The van der Waals surface area contributed by atoms with E-state index in [2.05, 4.69) is 40.2 Å². The monoisotopic (exact) mass is 524 g/mol. The van der Waals surface area contributed by atoms with E-state index in [-0.39, 0.29) is 10.7 Å². The lowest BCUT2D eigenvalue weighted by Crippen LogP contribution is -2.52. The van der Waals surface area contributed by atoms with Crippen molar-refractivity contribution in [2.45, 2.75) is 6.61 Å². The smallest absolute Gasteiger partial charge is 0.265 e. The van der Waals surface area contributed by atoms with Crippen LogP contribution in [0.2, 0.25) is 0 Å². The summed E-state index contributed by atoms with van der Waals surface area (Å²) in [5, 5.41) is 2.48. The SMILES string of the molecule is COc1cc(C=C2C(=O)N(C)C(=S)N(C)C2=O)c(Br)cc1OCc1ccc2ccccc2c1. The number of hydrogen-bond acceptors (Lipinski definition) is 5. The fourth-order valence-electron chi connectivity index (χ4n) is 3.55. The molecule has 0 atom stereocenters. The van der Waals surface area contributed by atoms with Crippen LogP contribution in [0.1, 0.15) is 11.1 Å². The van der Waals surface area contributed by atoms with Gasteiger partial charge < -0.3 is 9.47 Å². The van der Waals surface area contributed by atoms with E-state index in [9.17, 15) is 9.59 Å². The molecule has 0 aromatic heterocycles. The van der Waals surface area contributed by atoms with Crippen LogP contribution in [0.3, 0.4) is 0 Å². The average Bonchev–Trinajstić information content (AvgIpc) is 2.83. The average molecular weight is 525 g/mol. The van der Waals surface area contributed by atoms with Gasteiger partial charge >= 0.3 is 0 Å². The molecule has 1 saturated heterocycles. The molecule has 1 heterocycles. The van der Waals surface area contributed by atoms with E-state index in [1.54, 1.807) is 33.3 Å². The van der Waals surface area contributed by atoms with Gasteiger partial charge in [0.1, 0.15) is 12.2 Å². The highest BCUT2D eigenvalue weighted by Gasteiger charge is 2.35.